The van der Waals surface area contributed by atoms with Gasteiger partial charge in [-0.05, 0) is 31.2 Å². The van der Waals surface area contributed by atoms with Gasteiger partial charge >= 0.3 is 5.97 Å². The van der Waals surface area contributed by atoms with Crippen LogP contribution >= 0.6 is 15.9 Å². The molecule has 0 saturated heterocycles. The number of halogens is 2. The van der Waals surface area contributed by atoms with Crippen molar-refractivity contribution in [3.8, 4) is 0 Å². The number of ether oxygens (including phenoxy) is 1. The van der Waals surface area contributed by atoms with Crippen LogP contribution in [0.25, 0.3) is 10.9 Å². The summed E-state index contributed by atoms with van der Waals surface area (Å²) in [7, 11) is 0. The fourth-order valence-electron chi connectivity index (χ4n) is 2.57. The van der Waals surface area contributed by atoms with Crippen LogP contribution < -0.4 is 0 Å². The Morgan fingerprint density at radius 1 is 1.21 bits per heavy atom. The molecule has 0 amide bonds. The summed E-state index contributed by atoms with van der Waals surface area (Å²) in [5.41, 5.74) is 1.81. The molecular weight excluding hydrogens is 377 g/mol. The van der Waals surface area contributed by atoms with E-state index in [0.29, 0.717) is 15.7 Å². The average Bonchev–Trinajstić information content (AvgIpc) is 2.88. The Hall–Kier alpha value is -2.47. The number of rotatable bonds is 4. The van der Waals surface area contributed by atoms with Crippen molar-refractivity contribution in [2.75, 3.05) is 6.61 Å². The van der Waals surface area contributed by atoms with Gasteiger partial charge in [0, 0.05) is 26.6 Å². The van der Waals surface area contributed by atoms with E-state index >= 15 is 0 Å². The largest absolute Gasteiger partial charge is 0.454 e. The number of aryl methyl sites for hydroxylation is 1. The lowest BCUT2D eigenvalue weighted by molar-refractivity contribution is 0.0470. The summed E-state index contributed by atoms with van der Waals surface area (Å²) in [6.45, 7) is 1.33. The Balaban J connectivity index is 1.77. The fourth-order valence-corrected chi connectivity index (χ4v) is 2.91. The van der Waals surface area contributed by atoms with Gasteiger partial charge in [0.2, 0.25) is 5.78 Å². The maximum absolute atomic E-state index is 13.8. The van der Waals surface area contributed by atoms with E-state index < -0.39 is 18.4 Å². The molecule has 0 aliphatic carbocycles. The fraction of sp³-hybridized carbons (Fsp3) is 0.111. The topological polar surface area (TPSA) is 59.2 Å². The van der Waals surface area contributed by atoms with E-state index in [4.69, 9.17) is 4.74 Å². The highest BCUT2D eigenvalue weighted by molar-refractivity contribution is 9.10. The predicted molar refractivity (Wildman–Crippen MR) is 91.7 cm³/mol. The summed E-state index contributed by atoms with van der Waals surface area (Å²) in [6, 6.07) is 11.4. The third-order valence-corrected chi connectivity index (χ3v) is 4.15. The number of carbonyl (C=O) groups excluding carboxylic acids is 2. The average molecular weight is 390 g/mol. The molecule has 0 saturated carbocycles. The van der Waals surface area contributed by atoms with Crippen LogP contribution in [0.5, 0.6) is 0 Å². The number of H-pyrrole nitrogens is 1. The maximum Gasteiger partial charge on any atom is 0.341 e. The van der Waals surface area contributed by atoms with Gasteiger partial charge in [-0.15, -0.1) is 0 Å². The minimum absolute atomic E-state index is 0.207. The van der Waals surface area contributed by atoms with Gasteiger partial charge < -0.3 is 9.72 Å². The van der Waals surface area contributed by atoms with E-state index in [0.717, 1.165) is 10.9 Å². The molecule has 0 unspecified atom stereocenters. The molecule has 2 aromatic carbocycles. The second kappa shape index (κ2) is 6.57. The lowest BCUT2D eigenvalue weighted by Gasteiger charge is -2.06. The van der Waals surface area contributed by atoms with Gasteiger partial charge in [-0.25, -0.2) is 9.18 Å². The van der Waals surface area contributed by atoms with E-state index in [-0.39, 0.29) is 11.3 Å². The minimum atomic E-state index is -0.870. The molecule has 3 aromatic rings. The second-order valence-corrected chi connectivity index (χ2v) is 6.21. The number of aromatic nitrogens is 1. The van der Waals surface area contributed by atoms with E-state index in [1.165, 1.54) is 18.2 Å². The SMILES string of the molecule is Cc1[nH]c2ccccc2c1C(=O)COC(=O)c1ccc(Br)cc1F. The maximum atomic E-state index is 13.8. The number of benzene rings is 2. The highest BCUT2D eigenvalue weighted by atomic mass is 79.9. The van der Waals surface area contributed by atoms with Crippen molar-refractivity contribution < 1.29 is 18.7 Å². The minimum Gasteiger partial charge on any atom is -0.454 e. The Kier molecular flexibility index (Phi) is 4.49. The Bertz CT molecular complexity index is 949. The first-order valence-corrected chi connectivity index (χ1v) is 7.99. The van der Waals surface area contributed by atoms with Crippen LogP contribution in [0.1, 0.15) is 26.4 Å². The van der Waals surface area contributed by atoms with Crippen LogP contribution in [0.3, 0.4) is 0 Å². The molecule has 0 bridgehead atoms. The van der Waals surface area contributed by atoms with E-state index in [2.05, 4.69) is 20.9 Å². The molecule has 1 N–H and O–H groups in total. The number of fused-ring (bicyclic) bond motifs is 1. The van der Waals surface area contributed by atoms with Crippen LogP contribution in [0.2, 0.25) is 0 Å². The molecule has 1 heterocycles. The molecule has 1 aromatic heterocycles. The van der Waals surface area contributed by atoms with Crippen LogP contribution in [-0.4, -0.2) is 23.3 Å². The van der Waals surface area contributed by atoms with Crippen LogP contribution in [0, 0.1) is 12.7 Å². The van der Waals surface area contributed by atoms with Gasteiger partial charge in [0.25, 0.3) is 0 Å². The van der Waals surface area contributed by atoms with Crippen molar-refractivity contribution >= 4 is 38.6 Å². The Morgan fingerprint density at radius 3 is 2.71 bits per heavy atom. The molecular formula is C18H13BrFNO3. The lowest BCUT2D eigenvalue weighted by Crippen LogP contribution is -2.15. The predicted octanol–water partition coefficient (Wildman–Crippen LogP) is 4.42. The number of nitrogens with one attached hydrogen (secondary N) is 1. The van der Waals surface area contributed by atoms with Crippen molar-refractivity contribution in [1.29, 1.82) is 0 Å². The van der Waals surface area contributed by atoms with Crippen LogP contribution in [-0.2, 0) is 4.74 Å². The number of esters is 1. The highest BCUT2D eigenvalue weighted by Gasteiger charge is 2.19. The number of aromatic amines is 1. The quantitative estimate of drug-likeness (QED) is 0.530. The summed E-state index contributed by atoms with van der Waals surface area (Å²) < 4.78 is 19.2. The van der Waals surface area contributed by atoms with Crippen molar-refractivity contribution in [3.05, 3.63) is 69.6 Å². The molecule has 0 aliphatic rings. The van der Waals surface area contributed by atoms with E-state index in [9.17, 15) is 14.0 Å². The van der Waals surface area contributed by atoms with Crippen molar-refractivity contribution in [3.63, 3.8) is 0 Å². The zero-order chi connectivity index (χ0) is 17.3. The number of ketones is 1. The standard InChI is InChI=1S/C18H13BrFNO3/c1-10-17(13-4-2-3-5-15(13)21-10)16(22)9-24-18(23)12-7-6-11(19)8-14(12)20/h2-8,21H,9H2,1H3. The van der Waals surface area contributed by atoms with Crippen molar-refractivity contribution in [1.82, 2.24) is 4.98 Å². The first kappa shape index (κ1) is 16.4. The summed E-state index contributed by atoms with van der Waals surface area (Å²) in [5, 5.41) is 0.769. The molecule has 0 spiro atoms. The second-order valence-electron chi connectivity index (χ2n) is 5.29. The zero-order valence-electron chi connectivity index (χ0n) is 12.7. The first-order chi connectivity index (χ1) is 11.5. The van der Waals surface area contributed by atoms with Crippen LogP contribution in [0.4, 0.5) is 4.39 Å². The summed E-state index contributed by atoms with van der Waals surface area (Å²) >= 11 is 3.11. The smallest absolute Gasteiger partial charge is 0.341 e. The Morgan fingerprint density at radius 2 is 1.96 bits per heavy atom. The van der Waals surface area contributed by atoms with Gasteiger partial charge in [-0.1, -0.05) is 34.1 Å². The van der Waals surface area contributed by atoms with Gasteiger partial charge in [-0.2, -0.15) is 0 Å². The summed E-state index contributed by atoms with van der Waals surface area (Å²) in [4.78, 5) is 27.5. The molecule has 3 rings (SSSR count). The molecule has 24 heavy (non-hydrogen) atoms. The number of hydrogen-bond donors (Lipinski definition) is 1. The van der Waals surface area contributed by atoms with Gasteiger partial charge in [0.15, 0.2) is 6.61 Å². The summed E-state index contributed by atoms with van der Waals surface area (Å²) in [6.07, 6.45) is 0. The zero-order valence-corrected chi connectivity index (χ0v) is 14.3. The molecule has 6 heteroatoms. The first-order valence-electron chi connectivity index (χ1n) is 7.20. The molecule has 4 nitrogen and oxygen atoms in total. The lowest BCUT2D eigenvalue weighted by atomic mass is 10.1. The molecule has 0 aliphatic heterocycles. The third kappa shape index (κ3) is 3.10. The van der Waals surface area contributed by atoms with Crippen LogP contribution in [0.15, 0.2) is 46.9 Å². The normalized spacial score (nSPS) is 10.8. The van der Waals surface area contributed by atoms with Crippen molar-refractivity contribution in [2.45, 2.75) is 6.92 Å². The van der Waals surface area contributed by atoms with Gasteiger partial charge in [0.1, 0.15) is 5.82 Å². The van der Waals surface area contributed by atoms with E-state index in [1.807, 2.05) is 24.3 Å². The monoisotopic (exact) mass is 389 g/mol. The number of Topliss-reactive ketones (excluding diaryl/α,β-unsaturated/α-hetero) is 1. The highest BCUT2D eigenvalue weighted by Crippen LogP contribution is 2.22. The Labute approximate surface area is 145 Å². The van der Waals surface area contributed by atoms with Gasteiger partial charge in [-0.3, -0.25) is 4.79 Å². The summed E-state index contributed by atoms with van der Waals surface area (Å²) in [5.74, 6) is -1.91. The molecule has 0 atom stereocenters. The molecule has 122 valence electrons. The van der Waals surface area contributed by atoms with Gasteiger partial charge in [0.05, 0.1) is 5.56 Å². The van der Waals surface area contributed by atoms with Crippen molar-refractivity contribution in [2.24, 2.45) is 0 Å². The number of carbonyl (C=O) groups is 2. The number of para-hydroxylation sites is 1. The molecule has 0 fully saturated rings. The third-order valence-electron chi connectivity index (χ3n) is 3.66. The van der Waals surface area contributed by atoms with E-state index in [1.54, 1.807) is 6.92 Å². The number of hydrogen-bond acceptors (Lipinski definition) is 3. The molecule has 0 radical (unpaired) electrons.